The largest absolute Gasteiger partial charge is 0.373 e. The number of likely N-dealkylation sites (N-methyl/N-ethyl adjacent to an activating group) is 1. The molecule has 2 rings (SSSR count). The Balaban J connectivity index is 1.58. The van der Waals surface area contributed by atoms with E-state index in [0.29, 0.717) is 6.54 Å². The van der Waals surface area contributed by atoms with E-state index in [4.69, 9.17) is 4.74 Å². The molecule has 1 heterocycles. The molecule has 5 heteroatoms. The average Bonchev–Trinajstić information content (AvgIpc) is 2.54. The van der Waals surface area contributed by atoms with Gasteiger partial charge in [-0.2, -0.15) is 0 Å². The van der Waals surface area contributed by atoms with Crippen molar-refractivity contribution in [1.82, 2.24) is 10.6 Å². The summed E-state index contributed by atoms with van der Waals surface area (Å²) < 4.78 is 5.62. The van der Waals surface area contributed by atoms with Crippen molar-refractivity contribution in [3.05, 3.63) is 30.3 Å². The molecule has 1 saturated heterocycles. The van der Waals surface area contributed by atoms with E-state index in [0.717, 1.165) is 38.2 Å². The molecular weight excluding hydrogens is 266 g/mol. The van der Waals surface area contributed by atoms with Crippen LogP contribution in [0.2, 0.25) is 0 Å². The van der Waals surface area contributed by atoms with Crippen molar-refractivity contribution in [2.75, 3.05) is 44.7 Å². The number of anilines is 1. The predicted octanol–water partition coefficient (Wildman–Crippen LogP) is 1.01. The third-order valence-electron chi connectivity index (χ3n) is 3.70. The quantitative estimate of drug-likeness (QED) is 0.787. The molecule has 5 nitrogen and oxygen atoms in total. The molecule has 0 aromatic heterocycles. The van der Waals surface area contributed by atoms with Crippen molar-refractivity contribution >= 4 is 11.6 Å². The summed E-state index contributed by atoms with van der Waals surface area (Å²) in [5.74, 6) is -0.0324. The van der Waals surface area contributed by atoms with Crippen molar-refractivity contribution in [3.63, 3.8) is 0 Å². The number of benzene rings is 1. The molecule has 0 spiro atoms. The van der Waals surface area contributed by atoms with Crippen molar-refractivity contribution in [2.45, 2.75) is 18.9 Å². The highest BCUT2D eigenvalue weighted by Crippen LogP contribution is 2.09. The molecule has 1 amide bonds. The molecule has 21 heavy (non-hydrogen) atoms. The fourth-order valence-electron chi connectivity index (χ4n) is 2.38. The third kappa shape index (κ3) is 5.73. The van der Waals surface area contributed by atoms with E-state index in [1.165, 1.54) is 0 Å². The van der Waals surface area contributed by atoms with Gasteiger partial charge in [0.15, 0.2) is 0 Å². The summed E-state index contributed by atoms with van der Waals surface area (Å²) in [6.45, 7) is 3.53. The number of piperidine rings is 1. The number of carbonyl (C=O) groups is 1. The van der Waals surface area contributed by atoms with Crippen LogP contribution >= 0.6 is 0 Å². The second kappa shape index (κ2) is 8.64. The van der Waals surface area contributed by atoms with E-state index < -0.39 is 0 Å². The molecule has 0 unspecified atom stereocenters. The van der Waals surface area contributed by atoms with E-state index in [-0.39, 0.29) is 18.6 Å². The third-order valence-corrected chi connectivity index (χ3v) is 3.70. The summed E-state index contributed by atoms with van der Waals surface area (Å²) >= 11 is 0. The zero-order valence-electron chi connectivity index (χ0n) is 12.7. The number of amides is 1. The minimum absolute atomic E-state index is 0.0324. The molecule has 0 bridgehead atoms. The van der Waals surface area contributed by atoms with Crippen molar-refractivity contribution in [1.29, 1.82) is 0 Å². The van der Waals surface area contributed by atoms with Gasteiger partial charge in [-0.1, -0.05) is 18.2 Å². The van der Waals surface area contributed by atoms with Crippen LogP contribution in [0.5, 0.6) is 0 Å². The van der Waals surface area contributed by atoms with E-state index in [2.05, 4.69) is 27.7 Å². The van der Waals surface area contributed by atoms with Crippen LogP contribution in [0.3, 0.4) is 0 Å². The molecule has 0 aliphatic carbocycles. The Bertz CT molecular complexity index is 419. The monoisotopic (exact) mass is 291 g/mol. The molecule has 1 aliphatic heterocycles. The fourth-order valence-corrected chi connectivity index (χ4v) is 2.38. The second-order valence-electron chi connectivity index (χ2n) is 5.37. The van der Waals surface area contributed by atoms with Gasteiger partial charge in [0.05, 0.1) is 6.10 Å². The molecule has 0 atom stereocenters. The summed E-state index contributed by atoms with van der Waals surface area (Å²) in [5.41, 5.74) is 1.15. The topological polar surface area (TPSA) is 53.6 Å². The molecular formula is C16H25N3O2. The SMILES string of the molecule is CN(CCNC(=O)COC1CCNCC1)c1ccccc1. The summed E-state index contributed by atoms with van der Waals surface area (Å²) in [7, 11) is 2.02. The number of nitrogens with zero attached hydrogens (tertiary/aromatic N) is 1. The Labute approximate surface area is 126 Å². The van der Waals surface area contributed by atoms with Gasteiger partial charge < -0.3 is 20.3 Å². The molecule has 0 radical (unpaired) electrons. The van der Waals surface area contributed by atoms with Gasteiger partial charge in [-0.05, 0) is 38.1 Å². The van der Waals surface area contributed by atoms with Crippen LogP contribution in [0.25, 0.3) is 0 Å². The number of ether oxygens (including phenoxy) is 1. The van der Waals surface area contributed by atoms with Gasteiger partial charge >= 0.3 is 0 Å². The molecule has 2 N–H and O–H groups in total. The lowest BCUT2D eigenvalue weighted by molar-refractivity contribution is -0.128. The normalized spacial score (nSPS) is 15.7. The zero-order chi connectivity index (χ0) is 14.9. The first-order valence-corrected chi connectivity index (χ1v) is 7.61. The van der Waals surface area contributed by atoms with Gasteiger partial charge in [0.2, 0.25) is 5.91 Å². The molecule has 1 aliphatic rings. The van der Waals surface area contributed by atoms with Gasteiger partial charge in [-0.25, -0.2) is 0 Å². The summed E-state index contributed by atoms with van der Waals surface area (Å²) in [5, 5.41) is 6.18. The Kier molecular flexibility index (Phi) is 6.50. The van der Waals surface area contributed by atoms with Crippen LogP contribution in [-0.4, -0.2) is 51.8 Å². The molecule has 1 aromatic rings. The van der Waals surface area contributed by atoms with Gasteiger partial charge in [-0.15, -0.1) is 0 Å². The van der Waals surface area contributed by atoms with Crippen molar-refractivity contribution in [3.8, 4) is 0 Å². The maximum Gasteiger partial charge on any atom is 0.246 e. The smallest absolute Gasteiger partial charge is 0.246 e. The lowest BCUT2D eigenvalue weighted by Gasteiger charge is -2.23. The minimum atomic E-state index is -0.0324. The Morgan fingerprint density at radius 2 is 2.05 bits per heavy atom. The first-order chi connectivity index (χ1) is 10.3. The van der Waals surface area contributed by atoms with E-state index in [1.807, 2.05) is 25.2 Å². The lowest BCUT2D eigenvalue weighted by atomic mass is 10.1. The van der Waals surface area contributed by atoms with Crippen LogP contribution in [-0.2, 0) is 9.53 Å². The fraction of sp³-hybridized carbons (Fsp3) is 0.562. The van der Waals surface area contributed by atoms with Crippen molar-refractivity contribution < 1.29 is 9.53 Å². The van der Waals surface area contributed by atoms with Gasteiger partial charge in [0.25, 0.3) is 0 Å². The number of hydrogen-bond acceptors (Lipinski definition) is 4. The predicted molar refractivity (Wildman–Crippen MR) is 84.6 cm³/mol. The van der Waals surface area contributed by atoms with E-state index in [9.17, 15) is 4.79 Å². The first-order valence-electron chi connectivity index (χ1n) is 7.61. The summed E-state index contributed by atoms with van der Waals surface area (Å²) in [6, 6.07) is 10.1. The van der Waals surface area contributed by atoms with Gasteiger partial charge in [0.1, 0.15) is 6.61 Å². The van der Waals surface area contributed by atoms with Crippen LogP contribution in [0, 0.1) is 0 Å². The summed E-state index contributed by atoms with van der Waals surface area (Å²) in [6.07, 6.45) is 2.21. The maximum absolute atomic E-state index is 11.7. The first kappa shape index (κ1) is 15.8. The number of para-hydroxylation sites is 1. The van der Waals surface area contributed by atoms with E-state index >= 15 is 0 Å². The number of nitrogens with one attached hydrogen (secondary N) is 2. The Morgan fingerprint density at radius 1 is 1.33 bits per heavy atom. The zero-order valence-corrected chi connectivity index (χ0v) is 12.7. The maximum atomic E-state index is 11.7. The van der Waals surface area contributed by atoms with Crippen LogP contribution in [0.4, 0.5) is 5.69 Å². The summed E-state index contributed by atoms with van der Waals surface area (Å²) in [4.78, 5) is 13.9. The minimum Gasteiger partial charge on any atom is -0.373 e. The van der Waals surface area contributed by atoms with E-state index in [1.54, 1.807) is 0 Å². The van der Waals surface area contributed by atoms with Gasteiger partial charge in [0, 0.05) is 25.8 Å². The number of carbonyl (C=O) groups excluding carboxylic acids is 1. The average molecular weight is 291 g/mol. The molecule has 0 saturated carbocycles. The van der Waals surface area contributed by atoms with Crippen molar-refractivity contribution in [2.24, 2.45) is 0 Å². The molecule has 1 aromatic carbocycles. The van der Waals surface area contributed by atoms with Crippen LogP contribution < -0.4 is 15.5 Å². The second-order valence-corrected chi connectivity index (χ2v) is 5.37. The lowest BCUT2D eigenvalue weighted by Crippen LogP contribution is -2.38. The Hall–Kier alpha value is -1.59. The molecule has 116 valence electrons. The Morgan fingerprint density at radius 3 is 2.76 bits per heavy atom. The highest BCUT2D eigenvalue weighted by molar-refractivity contribution is 5.77. The van der Waals surface area contributed by atoms with Gasteiger partial charge in [-0.3, -0.25) is 4.79 Å². The highest BCUT2D eigenvalue weighted by atomic mass is 16.5. The molecule has 1 fully saturated rings. The van der Waals surface area contributed by atoms with Crippen LogP contribution in [0.15, 0.2) is 30.3 Å². The standard InChI is InChI=1S/C16H25N3O2/c1-19(14-5-3-2-4-6-14)12-11-18-16(20)13-21-15-7-9-17-10-8-15/h2-6,15,17H,7-13H2,1H3,(H,18,20). The number of hydrogen-bond donors (Lipinski definition) is 2. The highest BCUT2D eigenvalue weighted by Gasteiger charge is 2.14. The van der Waals surface area contributed by atoms with Crippen LogP contribution in [0.1, 0.15) is 12.8 Å². The number of rotatable bonds is 7.